The van der Waals surface area contributed by atoms with E-state index in [0.29, 0.717) is 12.2 Å². The highest BCUT2D eigenvalue weighted by atomic mass is 79.9. The van der Waals surface area contributed by atoms with Gasteiger partial charge >= 0.3 is 5.97 Å². The number of rotatable bonds is 2. The molecule has 1 aromatic heterocycles. The van der Waals surface area contributed by atoms with E-state index in [1.807, 2.05) is 5.38 Å². The molecule has 0 aromatic carbocycles. The summed E-state index contributed by atoms with van der Waals surface area (Å²) in [5, 5.41) is 1.84. The van der Waals surface area contributed by atoms with Gasteiger partial charge in [-0.3, -0.25) is 0 Å². The molecule has 0 saturated carbocycles. The van der Waals surface area contributed by atoms with Crippen LogP contribution in [0.1, 0.15) is 17.3 Å². The van der Waals surface area contributed by atoms with E-state index in [1.54, 1.807) is 13.0 Å². The monoisotopic (exact) mass is 234 g/mol. The van der Waals surface area contributed by atoms with Gasteiger partial charge in [0.15, 0.2) is 0 Å². The van der Waals surface area contributed by atoms with Gasteiger partial charge in [0, 0.05) is 0 Å². The molecular formula is C7H7BrO2S. The van der Waals surface area contributed by atoms with Gasteiger partial charge in [-0.05, 0) is 34.3 Å². The minimum absolute atomic E-state index is 0.263. The first kappa shape index (κ1) is 8.74. The summed E-state index contributed by atoms with van der Waals surface area (Å²) in [4.78, 5) is 11.1. The summed E-state index contributed by atoms with van der Waals surface area (Å²) in [7, 11) is 0. The van der Waals surface area contributed by atoms with Crippen LogP contribution in [-0.2, 0) is 4.74 Å². The molecule has 4 heteroatoms. The Morgan fingerprint density at radius 2 is 2.55 bits per heavy atom. The average molecular weight is 235 g/mol. The van der Waals surface area contributed by atoms with E-state index in [-0.39, 0.29) is 5.97 Å². The van der Waals surface area contributed by atoms with Gasteiger partial charge in [-0.15, -0.1) is 11.3 Å². The summed E-state index contributed by atoms with van der Waals surface area (Å²) in [6, 6.07) is 1.74. The van der Waals surface area contributed by atoms with Gasteiger partial charge in [0.2, 0.25) is 0 Å². The minimum atomic E-state index is -0.263. The number of hydrogen-bond acceptors (Lipinski definition) is 3. The summed E-state index contributed by atoms with van der Waals surface area (Å²) in [6.45, 7) is 2.21. The van der Waals surface area contributed by atoms with Crippen LogP contribution in [0.3, 0.4) is 0 Å². The van der Waals surface area contributed by atoms with Crippen molar-refractivity contribution in [3.63, 3.8) is 0 Å². The van der Waals surface area contributed by atoms with Crippen LogP contribution in [0.25, 0.3) is 0 Å². The molecule has 0 unspecified atom stereocenters. The van der Waals surface area contributed by atoms with E-state index in [1.165, 1.54) is 11.3 Å². The molecule has 0 spiro atoms. The topological polar surface area (TPSA) is 26.3 Å². The summed E-state index contributed by atoms with van der Waals surface area (Å²) in [6.07, 6.45) is 0. The molecule has 1 aromatic rings. The third kappa shape index (κ3) is 2.04. The fraction of sp³-hybridized carbons (Fsp3) is 0.286. The maximum Gasteiger partial charge on any atom is 0.340 e. The van der Waals surface area contributed by atoms with Gasteiger partial charge in [-0.1, -0.05) is 0 Å². The van der Waals surface area contributed by atoms with Crippen LogP contribution in [0.2, 0.25) is 0 Å². The Labute approximate surface area is 77.3 Å². The average Bonchev–Trinajstić information content (AvgIpc) is 2.36. The SMILES string of the molecule is CCOC(=O)c1ccsc1Br. The third-order valence-corrected chi connectivity index (χ3v) is 2.80. The lowest BCUT2D eigenvalue weighted by Gasteiger charge is -1.97. The van der Waals surface area contributed by atoms with Crippen LogP contribution < -0.4 is 0 Å². The zero-order valence-electron chi connectivity index (χ0n) is 5.96. The molecule has 0 bridgehead atoms. The van der Waals surface area contributed by atoms with Crippen LogP contribution >= 0.6 is 27.3 Å². The van der Waals surface area contributed by atoms with E-state index in [0.717, 1.165) is 3.79 Å². The number of carbonyl (C=O) groups excluding carboxylic acids is 1. The molecule has 0 aliphatic carbocycles. The smallest absolute Gasteiger partial charge is 0.340 e. The maximum atomic E-state index is 11.1. The summed E-state index contributed by atoms with van der Waals surface area (Å²) >= 11 is 4.73. The number of halogens is 1. The molecule has 1 rings (SSSR count). The predicted molar refractivity (Wildman–Crippen MR) is 48.0 cm³/mol. The van der Waals surface area contributed by atoms with Crippen molar-refractivity contribution in [3.8, 4) is 0 Å². The van der Waals surface area contributed by atoms with Gasteiger partial charge in [0.1, 0.15) is 0 Å². The lowest BCUT2D eigenvalue weighted by molar-refractivity contribution is 0.0526. The maximum absolute atomic E-state index is 11.1. The second-order valence-corrected chi connectivity index (χ2v) is 4.06. The Kier molecular flexibility index (Phi) is 3.08. The largest absolute Gasteiger partial charge is 0.462 e. The highest BCUT2D eigenvalue weighted by molar-refractivity contribution is 9.11. The Morgan fingerprint density at radius 3 is 3.00 bits per heavy atom. The van der Waals surface area contributed by atoms with Crippen molar-refractivity contribution in [2.45, 2.75) is 6.92 Å². The molecule has 60 valence electrons. The fourth-order valence-electron chi connectivity index (χ4n) is 0.648. The molecule has 0 radical (unpaired) electrons. The van der Waals surface area contributed by atoms with Crippen molar-refractivity contribution in [1.29, 1.82) is 0 Å². The van der Waals surface area contributed by atoms with E-state index in [4.69, 9.17) is 4.74 Å². The molecule has 0 atom stereocenters. The molecule has 0 saturated heterocycles. The van der Waals surface area contributed by atoms with Crippen molar-refractivity contribution < 1.29 is 9.53 Å². The molecule has 0 fully saturated rings. The van der Waals surface area contributed by atoms with Gasteiger partial charge in [-0.2, -0.15) is 0 Å². The molecule has 11 heavy (non-hydrogen) atoms. The van der Waals surface area contributed by atoms with Crippen molar-refractivity contribution in [2.75, 3.05) is 6.61 Å². The molecule has 2 nitrogen and oxygen atoms in total. The van der Waals surface area contributed by atoms with E-state index >= 15 is 0 Å². The van der Waals surface area contributed by atoms with Crippen LogP contribution in [0, 0.1) is 0 Å². The molecule has 0 aliphatic heterocycles. The molecule has 0 N–H and O–H groups in total. The van der Waals surface area contributed by atoms with Crippen LogP contribution in [0.4, 0.5) is 0 Å². The van der Waals surface area contributed by atoms with Crippen LogP contribution in [0.15, 0.2) is 15.2 Å². The minimum Gasteiger partial charge on any atom is -0.462 e. The van der Waals surface area contributed by atoms with Crippen LogP contribution in [-0.4, -0.2) is 12.6 Å². The molecule has 0 amide bonds. The highest BCUT2D eigenvalue weighted by Crippen LogP contribution is 2.23. The summed E-state index contributed by atoms with van der Waals surface area (Å²) < 4.78 is 5.63. The van der Waals surface area contributed by atoms with E-state index in [2.05, 4.69) is 15.9 Å². The lowest BCUT2D eigenvalue weighted by Crippen LogP contribution is -2.03. The number of esters is 1. The van der Waals surface area contributed by atoms with Gasteiger partial charge in [-0.25, -0.2) is 4.79 Å². The first-order valence-corrected chi connectivity index (χ1v) is 4.83. The summed E-state index contributed by atoms with van der Waals surface area (Å²) in [5.74, 6) is -0.263. The van der Waals surface area contributed by atoms with Crippen molar-refractivity contribution in [2.24, 2.45) is 0 Å². The van der Waals surface area contributed by atoms with Gasteiger partial charge < -0.3 is 4.74 Å². The Morgan fingerprint density at radius 1 is 1.82 bits per heavy atom. The standard InChI is InChI=1S/C7H7BrO2S/c1-2-10-7(9)5-3-4-11-6(5)8/h3-4H,2H2,1H3. The second kappa shape index (κ2) is 3.88. The zero-order chi connectivity index (χ0) is 8.27. The molecular weight excluding hydrogens is 228 g/mol. The Balaban J connectivity index is 2.76. The number of hydrogen-bond donors (Lipinski definition) is 0. The third-order valence-electron chi connectivity index (χ3n) is 1.11. The van der Waals surface area contributed by atoms with E-state index in [9.17, 15) is 4.79 Å². The quantitative estimate of drug-likeness (QED) is 0.736. The first-order valence-electron chi connectivity index (χ1n) is 3.15. The zero-order valence-corrected chi connectivity index (χ0v) is 8.37. The molecule has 1 heterocycles. The number of ether oxygens (including phenoxy) is 1. The summed E-state index contributed by atoms with van der Waals surface area (Å²) in [5.41, 5.74) is 0.608. The highest BCUT2D eigenvalue weighted by Gasteiger charge is 2.10. The van der Waals surface area contributed by atoms with Gasteiger partial charge in [0.05, 0.1) is 16.0 Å². The van der Waals surface area contributed by atoms with Crippen molar-refractivity contribution in [1.82, 2.24) is 0 Å². The first-order chi connectivity index (χ1) is 5.25. The number of thiophene rings is 1. The molecule has 0 aliphatic rings. The van der Waals surface area contributed by atoms with Crippen molar-refractivity contribution >= 4 is 33.2 Å². The Hall–Kier alpha value is -0.350. The lowest BCUT2D eigenvalue weighted by atomic mass is 10.3. The van der Waals surface area contributed by atoms with E-state index < -0.39 is 0 Å². The predicted octanol–water partition coefficient (Wildman–Crippen LogP) is 2.69. The fourth-order valence-corrected chi connectivity index (χ4v) is 1.87. The number of carbonyl (C=O) groups is 1. The normalized spacial score (nSPS) is 9.64. The van der Waals surface area contributed by atoms with Crippen molar-refractivity contribution in [3.05, 3.63) is 20.8 Å². The van der Waals surface area contributed by atoms with Gasteiger partial charge in [0.25, 0.3) is 0 Å². The second-order valence-electron chi connectivity index (χ2n) is 1.83. The van der Waals surface area contributed by atoms with Crippen LogP contribution in [0.5, 0.6) is 0 Å². The Bertz CT molecular complexity index is 257.